The van der Waals surface area contributed by atoms with Crippen LogP contribution in [-0.2, 0) is 9.59 Å². The minimum absolute atomic E-state index is 0.0589. The monoisotopic (exact) mass is 598 g/mol. The van der Waals surface area contributed by atoms with E-state index in [9.17, 15) is 19.8 Å². The lowest BCUT2D eigenvalue weighted by Crippen LogP contribution is -2.55. The summed E-state index contributed by atoms with van der Waals surface area (Å²) in [6, 6.07) is 0. The third-order valence-electron chi connectivity index (χ3n) is 8.27. The lowest BCUT2D eigenvalue weighted by atomic mass is 10.0. The van der Waals surface area contributed by atoms with E-state index in [1.807, 2.05) is 0 Å². The number of unbranched alkanes of at least 4 members (excludes halogenated alkanes) is 20. The second-order valence-electron chi connectivity index (χ2n) is 12.5. The van der Waals surface area contributed by atoms with Crippen molar-refractivity contribution in [3.63, 3.8) is 0 Å². The van der Waals surface area contributed by atoms with Gasteiger partial charge < -0.3 is 21.3 Å². The molecule has 0 heterocycles. The van der Waals surface area contributed by atoms with E-state index in [0.29, 0.717) is 32.4 Å². The van der Waals surface area contributed by atoms with Crippen molar-refractivity contribution >= 4 is 11.8 Å². The molecule has 2 amide bonds. The number of aliphatic hydroxyl groups is 2. The largest absolute Gasteiger partial charge is 0.348 e. The van der Waals surface area contributed by atoms with Gasteiger partial charge in [-0.15, -0.1) is 0 Å². The van der Waals surface area contributed by atoms with E-state index in [0.717, 1.165) is 43.5 Å². The molecule has 0 aliphatic carbocycles. The third-order valence-corrected chi connectivity index (χ3v) is 8.27. The fourth-order valence-electron chi connectivity index (χ4n) is 5.56. The number of nitrogens with two attached hydrogens (primary N) is 1. The molecule has 0 aromatic heterocycles. The Bertz CT molecular complexity index is 577. The smallest absolute Gasteiger partial charge is 0.255 e. The zero-order valence-corrected chi connectivity index (χ0v) is 27.9. The summed E-state index contributed by atoms with van der Waals surface area (Å²) in [5.74, 6) is -3.36. The molecule has 0 bridgehead atoms. The van der Waals surface area contributed by atoms with Crippen LogP contribution in [0.3, 0.4) is 0 Å². The molecule has 0 aliphatic heterocycles. The highest BCUT2D eigenvalue weighted by molar-refractivity contribution is 5.95. The zero-order chi connectivity index (χ0) is 31.2. The molecule has 0 saturated heterocycles. The van der Waals surface area contributed by atoms with Gasteiger partial charge in [-0.2, -0.15) is 0 Å². The molecule has 0 rings (SSSR count). The Balaban J connectivity index is 4.51. The number of imide groups is 1. The number of rotatable bonds is 32. The molecule has 0 aromatic rings. The number of amides is 2. The van der Waals surface area contributed by atoms with Gasteiger partial charge in [0.05, 0.1) is 0 Å². The molecule has 0 radical (unpaired) electrons. The first kappa shape index (κ1) is 41.0. The molecule has 7 nitrogen and oxygen atoms in total. The number of nitrogens with one attached hydrogen (secondary N) is 1. The van der Waals surface area contributed by atoms with Gasteiger partial charge in [0.15, 0.2) is 0 Å². The minimum atomic E-state index is -2.45. The quantitative estimate of drug-likeness (QED) is 0.0460. The second kappa shape index (κ2) is 30.0. The first-order valence-electron chi connectivity index (χ1n) is 18.1. The summed E-state index contributed by atoms with van der Waals surface area (Å²) in [4.78, 5) is 27.0. The zero-order valence-electron chi connectivity index (χ0n) is 27.9. The number of hydrogen-bond acceptors (Lipinski definition) is 6. The molecule has 0 aromatic carbocycles. The first-order valence-corrected chi connectivity index (χ1v) is 18.1. The molecular formula is C35H71N3O4. The molecular weight excluding hydrogens is 526 g/mol. The highest BCUT2D eigenvalue weighted by Crippen LogP contribution is 2.21. The summed E-state index contributed by atoms with van der Waals surface area (Å²) in [7, 11) is 0. The van der Waals surface area contributed by atoms with Crippen LogP contribution in [0.25, 0.3) is 0 Å². The van der Waals surface area contributed by atoms with Crippen molar-refractivity contribution in [3.8, 4) is 0 Å². The van der Waals surface area contributed by atoms with Gasteiger partial charge in [-0.3, -0.25) is 9.59 Å². The van der Waals surface area contributed by atoms with Crippen molar-refractivity contribution in [2.24, 2.45) is 5.73 Å². The summed E-state index contributed by atoms with van der Waals surface area (Å²) in [6.45, 7) is 6.43. The molecule has 0 unspecified atom stereocenters. The maximum Gasteiger partial charge on any atom is 0.255 e. The maximum atomic E-state index is 13.1. The molecule has 0 saturated carbocycles. The van der Waals surface area contributed by atoms with E-state index in [4.69, 9.17) is 5.73 Å². The van der Waals surface area contributed by atoms with Crippen LogP contribution in [0.4, 0.5) is 0 Å². The average molecular weight is 598 g/mol. The van der Waals surface area contributed by atoms with Crippen LogP contribution >= 0.6 is 0 Å². The fourth-order valence-corrected chi connectivity index (χ4v) is 5.56. The molecule has 7 heteroatoms. The predicted octanol–water partition coefficient (Wildman–Crippen LogP) is 8.10. The lowest BCUT2D eigenvalue weighted by Gasteiger charge is -2.34. The highest BCUT2D eigenvalue weighted by atomic mass is 16.5. The Morgan fingerprint density at radius 2 is 0.881 bits per heavy atom. The van der Waals surface area contributed by atoms with Gasteiger partial charge in [-0.25, -0.2) is 4.90 Å². The molecule has 0 aliphatic rings. The van der Waals surface area contributed by atoms with E-state index in [1.54, 1.807) is 0 Å². The van der Waals surface area contributed by atoms with Crippen LogP contribution in [0, 0.1) is 0 Å². The van der Waals surface area contributed by atoms with E-state index in [-0.39, 0.29) is 19.3 Å². The van der Waals surface area contributed by atoms with Gasteiger partial charge in [0.1, 0.15) is 0 Å². The normalized spacial score (nSPS) is 11.7. The Kier molecular flexibility index (Phi) is 29.3. The van der Waals surface area contributed by atoms with Gasteiger partial charge in [0.2, 0.25) is 11.8 Å². The van der Waals surface area contributed by atoms with Crippen LogP contribution in [0.5, 0.6) is 0 Å². The maximum absolute atomic E-state index is 13.1. The Morgan fingerprint density at radius 1 is 0.548 bits per heavy atom. The van der Waals surface area contributed by atoms with Gasteiger partial charge in [0.25, 0.3) is 5.91 Å². The van der Waals surface area contributed by atoms with Crippen LogP contribution in [0.1, 0.15) is 187 Å². The lowest BCUT2D eigenvalue weighted by molar-refractivity contribution is -0.255. The van der Waals surface area contributed by atoms with Crippen LogP contribution in [0.2, 0.25) is 0 Å². The van der Waals surface area contributed by atoms with Crippen LogP contribution in [0.15, 0.2) is 0 Å². The molecule has 42 heavy (non-hydrogen) atoms. The molecule has 5 N–H and O–H groups in total. The van der Waals surface area contributed by atoms with Gasteiger partial charge >= 0.3 is 0 Å². The SMILES string of the molecule is CCCCCCCCCCCCCC(=O)N(C(=O)CCCCCCCCCCCCC)C(O)(O)CCCNCCCN. The second-order valence-corrected chi connectivity index (χ2v) is 12.5. The number of carbonyl (C=O) groups is 2. The Labute approximate surface area is 260 Å². The summed E-state index contributed by atoms with van der Waals surface area (Å²) in [5, 5.41) is 24.9. The van der Waals surface area contributed by atoms with Crippen molar-refractivity contribution in [2.45, 2.75) is 193 Å². The van der Waals surface area contributed by atoms with Crippen LogP contribution < -0.4 is 11.1 Å². The third kappa shape index (κ3) is 24.4. The van der Waals surface area contributed by atoms with Gasteiger partial charge in [0, 0.05) is 19.3 Å². The number of hydrogen-bond donors (Lipinski definition) is 4. The first-order chi connectivity index (χ1) is 20.4. The average Bonchev–Trinajstić information content (AvgIpc) is 2.96. The molecule has 0 fully saturated rings. The van der Waals surface area contributed by atoms with Crippen molar-refractivity contribution in [1.29, 1.82) is 0 Å². The summed E-state index contributed by atoms with van der Waals surface area (Å²) in [5.41, 5.74) is 5.52. The van der Waals surface area contributed by atoms with Crippen molar-refractivity contribution in [3.05, 3.63) is 0 Å². The van der Waals surface area contributed by atoms with Crippen molar-refractivity contribution in [1.82, 2.24) is 10.2 Å². The molecule has 0 atom stereocenters. The summed E-state index contributed by atoms with van der Waals surface area (Å²) in [6.07, 6.45) is 27.5. The van der Waals surface area contributed by atoms with Crippen molar-refractivity contribution in [2.75, 3.05) is 19.6 Å². The van der Waals surface area contributed by atoms with E-state index >= 15 is 0 Å². The Morgan fingerprint density at radius 3 is 1.24 bits per heavy atom. The standard InChI is InChI=1S/C35H71N3O4/c1-3-5-7-9-11-13-15-17-19-21-23-27-33(39)38(35(41,42)29-25-31-37-32-26-30-36)34(40)28-24-22-20-18-16-14-12-10-8-6-4-2/h37,41-42H,3-32,36H2,1-2H3. The predicted molar refractivity (Wildman–Crippen MR) is 177 cm³/mol. The Hall–Kier alpha value is -1.02. The summed E-state index contributed by atoms with van der Waals surface area (Å²) >= 11 is 0. The molecule has 0 spiro atoms. The van der Waals surface area contributed by atoms with Crippen molar-refractivity contribution < 1.29 is 19.8 Å². The van der Waals surface area contributed by atoms with Gasteiger partial charge in [-0.05, 0) is 45.3 Å². The van der Waals surface area contributed by atoms with E-state index in [2.05, 4.69) is 19.2 Å². The van der Waals surface area contributed by atoms with Gasteiger partial charge in [-0.1, -0.05) is 142 Å². The highest BCUT2D eigenvalue weighted by Gasteiger charge is 2.39. The number of carbonyl (C=O) groups excluding carboxylic acids is 2. The minimum Gasteiger partial charge on any atom is -0.348 e. The fraction of sp³-hybridized carbons (Fsp3) is 0.943. The molecule has 250 valence electrons. The topological polar surface area (TPSA) is 116 Å². The summed E-state index contributed by atoms with van der Waals surface area (Å²) < 4.78 is 0. The van der Waals surface area contributed by atoms with E-state index in [1.165, 1.54) is 103 Å². The number of nitrogens with zero attached hydrogens (tertiary/aromatic N) is 1. The van der Waals surface area contributed by atoms with Crippen LogP contribution in [-0.4, -0.2) is 52.5 Å². The van der Waals surface area contributed by atoms with E-state index < -0.39 is 17.7 Å².